The lowest BCUT2D eigenvalue weighted by Gasteiger charge is -2.43. The van der Waals surface area contributed by atoms with Crippen molar-refractivity contribution in [3.63, 3.8) is 0 Å². The van der Waals surface area contributed by atoms with Gasteiger partial charge < -0.3 is 5.11 Å². The molecule has 0 heterocycles. The van der Waals surface area contributed by atoms with Crippen molar-refractivity contribution in [2.45, 2.75) is 77.6 Å². The van der Waals surface area contributed by atoms with E-state index in [1.165, 1.54) is 53.2 Å². The number of hydrogen-bond donors (Lipinski definition) is 1. The van der Waals surface area contributed by atoms with E-state index >= 15 is 0 Å². The molecule has 2 heteroatoms. The summed E-state index contributed by atoms with van der Waals surface area (Å²) in [6, 6.07) is 4.95. The molecule has 0 atom stereocenters. The molecule has 0 aromatic heterocycles. The van der Waals surface area contributed by atoms with Crippen LogP contribution in [0.5, 0.6) is 0 Å². The zero-order valence-electron chi connectivity index (χ0n) is 17.4. The Labute approximate surface area is 163 Å². The highest BCUT2D eigenvalue weighted by Gasteiger charge is 2.38. The summed E-state index contributed by atoms with van der Waals surface area (Å²) in [7, 11) is 0. The first kappa shape index (κ1) is 19.7. The minimum absolute atomic E-state index is 0.221. The van der Waals surface area contributed by atoms with Gasteiger partial charge in [0, 0.05) is 6.08 Å². The summed E-state index contributed by atoms with van der Waals surface area (Å²) in [6.45, 7) is 11.3. The summed E-state index contributed by atoms with van der Waals surface area (Å²) in [5.41, 5.74) is 8.52. The molecule has 1 N–H and O–H groups in total. The van der Waals surface area contributed by atoms with E-state index in [0.29, 0.717) is 0 Å². The van der Waals surface area contributed by atoms with Crippen LogP contribution in [0.25, 0.3) is 5.57 Å². The lowest BCUT2D eigenvalue weighted by atomic mass is 9.62. The van der Waals surface area contributed by atoms with Crippen LogP contribution in [0.3, 0.4) is 0 Å². The predicted molar refractivity (Wildman–Crippen MR) is 113 cm³/mol. The van der Waals surface area contributed by atoms with Crippen molar-refractivity contribution in [1.82, 2.24) is 0 Å². The average Bonchev–Trinajstić information content (AvgIpc) is 2.57. The zero-order valence-corrected chi connectivity index (χ0v) is 17.4. The van der Waals surface area contributed by atoms with E-state index in [9.17, 15) is 4.79 Å². The third-order valence-electron chi connectivity index (χ3n) is 6.32. The fourth-order valence-electron chi connectivity index (χ4n) is 4.50. The number of allylic oxidation sites excluding steroid dienone is 5. The van der Waals surface area contributed by atoms with E-state index in [2.05, 4.69) is 45.9 Å². The fraction of sp³-hybridized carbons (Fsp3) is 0.480. The summed E-state index contributed by atoms with van der Waals surface area (Å²) >= 11 is 0. The van der Waals surface area contributed by atoms with Gasteiger partial charge in [0.15, 0.2) is 0 Å². The molecule has 1 aromatic rings. The Bertz CT molecular complexity index is 847. The molecule has 0 amide bonds. The Kier molecular flexibility index (Phi) is 5.20. The number of benzene rings is 1. The number of rotatable bonds is 3. The van der Waals surface area contributed by atoms with Gasteiger partial charge in [-0.05, 0) is 83.3 Å². The first-order valence-corrected chi connectivity index (χ1v) is 10.1. The largest absolute Gasteiger partial charge is 0.478 e. The van der Waals surface area contributed by atoms with Crippen molar-refractivity contribution < 1.29 is 9.90 Å². The van der Waals surface area contributed by atoms with Crippen LogP contribution in [0.1, 0.15) is 82.6 Å². The lowest BCUT2D eigenvalue weighted by molar-refractivity contribution is -0.131. The molecule has 0 fully saturated rings. The maximum Gasteiger partial charge on any atom is 0.328 e. The first-order chi connectivity index (χ1) is 12.6. The minimum Gasteiger partial charge on any atom is -0.478 e. The van der Waals surface area contributed by atoms with Gasteiger partial charge in [0.05, 0.1) is 0 Å². The molecule has 2 aliphatic rings. The second-order valence-corrected chi connectivity index (χ2v) is 9.45. The predicted octanol–water partition coefficient (Wildman–Crippen LogP) is 6.34. The summed E-state index contributed by atoms with van der Waals surface area (Å²) < 4.78 is 0. The number of carboxylic acid groups (broad SMARTS) is 1. The van der Waals surface area contributed by atoms with E-state index in [1.54, 1.807) is 0 Å². The summed E-state index contributed by atoms with van der Waals surface area (Å²) in [4.78, 5) is 10.8. The average molecular weight is 365 g/mol. The van der Waals surface area contributed by atoms with Gasteiger partial charge >= 0.3 is 5.97 Å². The van der Waals surface area contributed by atoms with Crippen molar-refractivity contribution in [3.8, 4) is 0 Å². The second kappa shape index (κ2) is 7.14. The molecule has 0 spiro atoms. The van der Waals surface area contributed by atoms with Crippen LogP contribution in [0.15, 0.2) is 42.0 Å². The first-order valence-electron chi connectivity index (χ1n) is 10.1. The van der Waals surface area contributed by atoms with Crippen molar-refractivity contribution >= 4 is 11.5 Å². The normalized spacial score (nSPS) is 22.6. The van der Waals surface area contributed by atoms with E-state index < -0.39 is 5.97 Å². The number of hydrogen-bond acceptors (Lipinski definition) is 1. The van der Waals surface area contributed by atoms with E-state index in [4.69, 9.17) is 5.11 Å². The Morgan fingerprint density at radius 1 is 1.04 bits per heavy atom. The van der Waals surface area contributed by atoms with Crippen molar-refractivity contribution in [2.75, 3.05) is 0 Å². The number of fused-ring (bicyclic) bond motifs is 2. The Hall–Kier alpha value is -2.09. The highest BCUT2D eigenvalue weighted by atomic mass is 16.4. The van der Waals surface area contributed by atoms with Crippen molar-refractivity contribution in [3.05, 3.63) is 64.3 Å². The quantitative estimate of drug-likeness (QED) is 0.502. The molecule has 2 nitrogen and oxygen atoms in total. The standard InChI is InChI=1S/C25H32O2/c1-17(14-23(26)27)8-6-9-18-10-7-11-19-15-21-22(16-20(18)19)25(4,5)13-12-24(21,2)3/h6,8-9,14-16H,7,10-13H2,1-5H3,(H,26,27). The lowest BCUT2D eigenvalue weighted by Crippen LogP contribution is -2.34. The molecule has 1 aromatic carbocycles. The van der Waals surface area contributed by atoms with Gasteiger partial charge in [-0.25, -0.2) is 4.79 Å². The summed E-state index contributed by atoms with van der Waals surface area (Å²) in [6.07, 6.45) is 13.2. The highest BCUT2D eigenvalue weighted by Crippen LogP contribution is 2.48. The number of carbonyl (C=O) groups is 1. The molecule has 0 bridgehead atoms. The van der Waals surface area contributed by atoms with Gasteiger partial charge in [0.2, 0.25) is 0 Å². The summed E-state index contributed by atoms with van der Waals surface area (Å²) in [5.74, 6) is -0.899. The molecule has 3 rings (SSSR count). The topological polar surface area (TPSA) is 37.3 Å². The molecular formula is C25H32O2. The molecule has 144 valence electrons. The molecule has 27 heavy (non-hydrogen) atoms. The molecule has 0 radical (unpaired) electrons. The van der Waals surface area contributed by atoms with Crippen LogP contribution in [0.4, 0.5) is 0 Å². The molecule has 0 saturated carbocycles. The molecule has 0 aliphatic heterocycles. The van der Waals surface area contributed by atoms with Crippen LogP contribution in [-0.4, -0.2) is 11.1 Å². The minimum atomic E-state index is -0.899. The maximum absolute atomic E-state index is 10.8. The maximum atomic E-state index is 10.8. The van der Waals surface area contributed by atoms with Crippen LogP contribution in [0, 0.1) is 0 Å². The van der Waals surface area contributed by atoms with Crippen LogP contribution < -0.4 is 0 Å². The van der Waals surface area contributed by atoms with Gasteiger partial charge in [0.25, 0.3) is 0 Å². The monoisotopic (exact) mass is 364 g/mol. The van der Waals surface area contributed by atoms with Crippen molar-refractivity contribution in [1.29, 1.82) is 0 Å². The Balaban J connectivity index is 2.02. The van der Waals surface area contributed by atoms with E-state index in [0.717, 1.165) is 18.4 Å². The smallest absolute Gasteiger partial charge is 0.328 e. The number of aliphatic carboxylic acids is 1. The van der Waals surface area contributed by atoms with Gasteiger partial charge in [-0.2, -0.15) is 0 Å². The highest BCUT2D eigenvalue weighted by molar-refractivity contribution is 5.81. The van der Waals surface area contributed by atoms with E-state index in [-0.39, 0.29) is 10.8 Å². The van der Waals surface area contributed by atoms with Gasteiger partial charge in [-0.3, -0.25) is 0 Å². The van der Waals surface area contributed by atoms with Crippen LogP contribution >= 0.6 is 0 Å². The molecule has 2 aliphatic carbocycles. The van der Waals surface area contributed by atoms with Crippen LogP contribution in [0.2, 0.25) is 0 Å². The molecular weight excluding hydrogens is 332 g/mol. The zero-order chi connectivity index (χ0) is 19.8. The number of carboxylic acids is 1. The van der Waals surface area contributed by atoms with Crippen LogP contribution in [-0.2, 0) is 22.0 Å². The Morgan fingerprint density at radius 3 is 2.30 bits per heavy atom. The third kappa shape index (κ3) is 4.10. The molecule has 0 saturated heterocycles. The third-order valence-corrected chi connectivity index (χ3v) is 6.32. The van der Waals surface area contributed by atoms with Gasteiger partial charge in [-0.15, -0.1) is 0 Å². The SMILES string of the molecule is CC(C=CC=C1CCCc2cc3c(cc21)C(C)(C)CCC3(C)C)=CC(=O)O. The Morgan fingerprint density at radius 2 is 1.67 bits per heavy atom. The fourth-order valence-corrected chi connectivity index (χ4v) is 4.50. The molecule has 0 unspecified atom stereocenters. The second-order valence-electron chi connectivity index (χ2n) is 9.45. The van der Waals surface area contributed by atoms with Gasteiger partial charge in [0.1, 0.15) is 0 Å². The number of aryl methyl sites for hydroxylation is 1. The van der Waals surface area contributed by atoms with E-state index in [1.807, 2.05) is 19.1 Å². The van der Waals surface area contributed by atoms with Gasteiger partial charge in [-0.1, -0.05) is 58.1 Å². The summed E-state index contributed by atoms with van der Waals surface area (Å²) in [5, 5.41) is 8.84. The van der Waals surface area contributed by atoms with Crippen molar-refractivity contribution in [2.24, 2.45) is 0 Å².